The number of rotatable bonds is 1. The lowest BCUT2D eigenvalue weighted by molar-refractivity contribution is -0.664. The van der Waals surface area contributed by atoms with E-state index in [1.54, 1.807) is 0 Å². The zero-order valence-corrected chi connectivity index (χ0v) is 9.46. The van der Waals surface area contributed by atoms with Gasteiger partial charge in [-0.3, -0.25) is 0 Å². The van der Waals surface area contributed by atoms with E-state index in [9.17, 15) is 0 Å². The molecule has 15 heavy (non-hydrogen) atoms. The summed E-state index contributed by atoms with van der Waals surface area (Å²) in [6, 6.07) is 8.45. The van der Waals surface area contributed by atoms with Crippen LogP contribution in [0.4, 0.5) is 0 Å². The van der Waals surface area contributed by atoms with Crippen LogP contribution in [0.15, 0.2) is 24.3 Å². The smallest absolute Gasteiger partial charge is 0.103 e. The van der Waals surface area contributed by atoms with Crippen LogP contribution in [-0.4, -0.2) is 18.1 Å². The van der Waals surface area contributed by atoms with Gasteiger partial charge < -0.3 is 5.32 Å². The van der Waals surface area contributed by atoms with Crippen molar-refractivity contribution in [1.29, 1.82) is 0 Å². The van der Waals surface area contributed by atoms with E-state index in [2.05, 4.69) is 29.6 Å². The van der Waals surface area contributed by atoms with Crippen molar-refractivity contribution < 1.29 is 5.32 Å². The average Bonchev–Trinajstić information content (AvgIpc) is 2.74. The van der Waals surface area contributed by atoms with Gasteiger partial charge in [0.1, 0.15) is 5.01 Å². The molecule has 0 aliphatic carbocycles. The third-order valence-electron chi connectivity index (χ3n) is 3.07. The minimum Gasteiger partial charge on any atom is -0.346 e. The molecule has 0 bridgehead atoms. The van der Waals surface area contributed by atoms with Gasteiger partial charge in [-0.25, -0.2) is 4.98 Å². The summed E-state index contributed by atoms with van der Waals surface area (Å²) in [7, 11) is 0. The van der Waals surface area contributed by atoms with E-state index in [-0.39, 0.29) is 0 Å². The highest BCUT2D eigenvalue weighted by Gasteiger charge is 2.21. The molecular weight excluding hydrogens is 204 g/mol. The number of hydrogen-bond donors (Lipinski definition) is 1. The Morgan fingerprint density at radius 2 is 2.27 bits per heavy atom. The number of hydrogen-bond acceptors (Lipinski definition) is 2. The molecule has 0 spiro atoms. The zero-order valence-electron chi connectivity index (χ0n) is 8.65. The Labute approximate surface area is 93.3 Å². The molecule has 1 aliphatic rings. The zero-order chi connectivity index (χ0) is 10.1. The van der Waals surface area contributed by atoms with Crippen LogP contribution in [0.3, 0.4) is 0 Å². The standard InChI is InChI=1S/C12H14N2S/c1-2-6-11-10(5-1)14-12(15-11)9-4-3-7-13-8-9/h1-2,5-6,9,13H,3-4,7-8H2/p+1/t9-/m0/s1. The fraction of sp³-hybridized carbons (Fsp3) is 0.417. The highest BCUT2D eigenvalue weighted by Crippen LogP contribution is 2.29. The number of nitrogens with zero attached hydrogens (tertiary/aromatic N) is 1. The largest absolute Gasteiger partial charge is 0.346 e. The molecular formula is C12H15N2S+. The maximum absolute atomic E-state index is 4.73. The van der Waals surface area contributed by atoms with Crippen LogP contribution in [0.25, 0.3) is 10.2 Å². The number of piperidine rings is 1. The number of aromatic nitrogens is 1. The molecule has 1 aromatic heterocycles. The molecule has 1 atom stereocenters. The number of quaternary nitrogens is 1. The van der Waals surface area contributed by atoms with E-state index in [0.717, 1.165) is 0 Å². The van der Waals surface area contributed by atoms with Gasteiger partial charge in [0.15, 0.2) is 0 Å². The maximum atomic E-state index is 4.73. The highest BCUT2D eigenvalue weighted by atomic mass is 32.1. The van der Waals surface area contributed by atoms with Crippen molar-refractivity contribution in [1.82, 2.24) is 4.98 Å². The molecule has 3 heteroatoms. The first-order valence-corrected chi connectivity index (χ1v) is 6.42. The summed E-state index contributed by atoms with van der Waals surface area (Å²) >= 11 is 1.87. The van der Waals surface area contributed by atoms with Gasteiger partial charge in [-0.1, -0.05) is 12.1 Å². The summed E-state index contributed by atoms with van der Waals surface area (Å²) in [4.78, 5) is 4.73. The molecule has 1 aliphatic heterocycles. The van der Waals surface area contributed by atoms with Gasteiger partial charge in [0.2, 0.25) is 0 Å². The van der Waals surface area contributed by atoms with Crippen LogP contribution in [0.2, 0.25) is 0 Å². The predicted molar refractivity (Wildman–Crippen MR) is 63.3 cm³/mol. The second-order valence-electron chi connectivity index (χ2n) is 4.17. The van der Waals surface area contributed by atoms with Gasteiger partial charge in [-0.05, 0) is 25.0 Å². The van der Waals surface area contributed by atoms with Crippen LogP contribution >= 0.6 is 11.3 Å². The van der Waals surface area contributed by atoms with E-state index >= 15 is 0 Å². The monoisotopic (exact) mass is 219 g/mol. The lowest BCUT2D eigenvalue weighted by Gasteiger charge is -2.17. The third-order valence-corrected chi connectivity index (χ3v) is 4.27. The Morgan fingerprint density at radius 3 is 3.07 bits per heavy atom. The molecule has 2 aromatic rings. The first-order chi connectivity index (χ1) is 7.43. The molecule has 2 N–H and O–H groups in total. The minimum atomic E-state index is 0.691. The van der Waals surface area contributed by atoms with Crippen molar-refractivity contribution in [3.05, 3.63) is 29.3 Å². The van der Waals surface area contributed by atoms with Crippen molar-refractivity contribution in [3.63, 3.8) is 0 Å². The lowest BCUT2D eigenvalue weighted by atomic mass is 10.0. The molecule has 2 nitrogen and oxygen atoms in total. The molecule has 0 saturated carbocycles. The molecule has 1 fully saturated rings. The third kappa shape index (κ3) is 1.77. The summed E-state index contributed by atoms with van der Waals surface area (Å²) in [5, 5.41) is 3.76. The Morgan fingerprint density at radius 1 is 1.33 bits per heavy atom. The Balaban J connectivity index is 1.96. The van der Waals surface area contributed by atoms with E-state index in [1.165, 1.54) is 41.2 Å². The summed E-state index contributed by atoms with van der Waals surface area (Å²) in [5.41, 5.74) is 1.17. The number of benzene rings is 1. The Kier molecular flexibility index (Phi) is 2.43. The first kappa shape index (κ1) is 9.31. The summed E-state index contributed by atoms with van der Waals surface area (Å²) in [6.07, 6.45) is 2.65. The normalized spacial score (nSPS) is 22.0. The number of fused-ring (bicyclic) bond motifs is 1. The summed E-state index contributed by atoms with van der Waals surface area (Å²) in [5.74, 6) is 0.691. The maximum Gasteiger partial charge on any atom is 0.103 e. The molecule has 0 radical (unpaired) electrons. The number of para-hydroxylation sites is 1. The first-order valence-electron chi connectivity index (χ1n) is 5.60. The van der Waals surface area contributed by atoms with Crippen LogP contribution < -0.4 is 5.32 Å². The lowest BCUT2D eigenvalue weighted by Crippen LogP contribution is -2.86. The van der Waals surface area contributed by atoms with E-state index in [0.29, 0.717) is 5.92 Å². The second kappa shape index (κ2) is 3.91. The molecule has 2 heterocycles. The van der Waals surface area contributed by atoms with Gasteiger partial charge in [0.25, 0.3) is 0 Å². The molecule has 1 aromatic carbocycles. The van der Waals surface area contributed by atoms with Crippen LogP contribution in [0, 0.1) is 0 Å². The molecule has 3 rings (SSSR count). The molecule has 1 saturated heterocycles. The van der Waals surface area contributed by atoms with Gasteiger partial charge >= 0.3 is 0 Å². The van der Waals surface area contributed by atoms with Gasteiger partial charge in [-0.2, -0.15) is 0 Å². The average molecular weight is 219 g/mol. The Bertz CT molecular complexity index is 424. The molecule has 0 unspecified atom stereocenters. The highest BCUT2D eigenvalue weighted by molar-refractivity contribution is 7.18. The fourth-order valence-electron chi connectivity index (χ4n) is 2.23. The predicted octanol–water partition coefficient (Wildman–Crippen LogP) is 1.74. The second-order valence-corrected chi connectivity index (χ2v) is 5.23. The molecule has 78 valence electrons. The topological polar surface area (TPSA) is 29.5 Å². The quantitative estimate of drug-likeness (QED) is 0.778. The van der Waals surface area contributed by atoms with E-state index < -0.39 is 0 Å². The fourth-order valence-corrected chi connectivity index (χ4v) is 3.35. The van der Waals surface area contributed by atoms with Crippen molar-refractivity contribution in [3.8, 4) is 0 Å². The van der Waals surface area contributed by atoms with Crippen molar-refractivity contribution in [2.75, 3.05) is 13.1 Å². The summed E-state index contributed by atoms with van der Waals surface area (Å²) < 4.78 is 1.33. The molecule has 0 amide bonds. The SMILES string of the molecule is c1ccc2sc([C@H]3CCC[NH2+]C3)nc2c1. The number of nitrogens with two attached hydrogens (primary N) is 1. The van der Waals surface area contributed by atoms with E-state index in [1.807, 2.05) is 11.3 Å². The van der Waals surface area contributed by atoms with Crippen LogP contribution in [-0.2, 0) is 0 Å². The van der Waals surface area contributed by atoms with Gasteiger partial charge in [0.05, 0.1) is 29.2 Å². The van der Waals surface area contributed by atoms with Gasteiger partial charge in [0, 0.05) is 0 Å². The van der Waals surface area contributed by atoms with Crippen LogP contribution in [0.1, 0.15) is 23.8 Å². The van der Waals surface area contributed by atoms with Gasteiger partial charge in [-0.15, -0.1) is 11.3 Å². The van der Waals surface area contributed by atoms with E-state index in [4.69, 9.17) is 4.98 Å². The van der Waals surface area contributed by atoms with Crippen molar-refractivity contribution >= 4 is 21.6 Å². The van der Waals surface area contributed by atoms with Crippen LogP contribution in [0.5, 0.6) is 0 Å². The minimum absolute atomic E-state index is 0.691. The van der Waals surface area contributed by atoms with Crippen molar-refractivity contribution in [2.24, 2.45) is 0 Å². The number of thiazole rings is 1. The van der Waals surface area contributed by atoms with Crippen molar-refractivity contribution in [2.45, 2.75) is 18.8 Å². The Hall–Kier alpha value is -0.930. The summed E-state index contributed by atoms with van der Waals surface area (Å²) in [6.45, 7) is 2.52.